The minimum absolute atomic E-state index is 0.682. The molecule has 0 unspecified atom stereocenters. The Hall–Kier alpha value is -1.59. The number of nitrogens with zero attached hydrogens (tertiary/aromatic N) is 2. The third-order valence-corrected chi connectivity index (χ3v) is 4.73. The van der Waals surface area contributed by atoms with E-state index in [-0.39, 0.29) is 0 Å². The van der Waals surface area contributed by atoms with E-state index < -0.39 is 10.2 Å². The van der Waals surface area contributed by atoms with Gasteiger partial charge in [0.2, 0.25) is 0 Å². The summed E-state index contributed by atoms with van der Waals surface area (Å²) in [7, 11) is 1.16. The van der Waals surface area contributed by atoms with Crippen LogP contribution >= 0.6 is 0 Å². The Morgan fingerprint density at radius 1 is 0.889 bits per heavy atom. The van der Waals surface area contributed by atoms with Crippen molar-refractivity contribution in [1.82, 2.24) is 4.31 Å². The molecule has 5 heteroatoms. The van der Waals surface area contributed by atoms with Gasteiger partial charge in [-0.2, -0.15) is 12.7 Å². The summed E-state index contributed by atoms with van der Waals surface area (Å²) >= 11 is 0. The Morgan fingerprint density at radius 2 is 1.50 bits per heavy atom. The van der Waals surface area contributed by atoms with Crippen LogP contribution in [0.5, 0.6) is 0 Å². The Morgan fingerprint density at radius 3 is 2.17 bits per heavy atom. The average Bonchev–Trinajstić information content (AvgIpc) is 2.37. The van der Waals surface area contributed by atoms with Crippen molar-refractivity contribution in [1.29, 1.82) is 0 Å². The first-order valence-electron chi connectivity index (χ1n) is 5.59. The molecule has 0 amide bonds. The van der Waals surface area contributed by atoms with Crippen LogP contribution in [0.25, 0.3) is 10.8 Å². The van der Waals surface area contributed by atoms with Gasteiger partial charge in [-0.15, -0.1) is 0 Å². The van der Waals surface area contributed by atoms with E-state index in [9.17, 15) is 8.42 Å². The van der Waals surface area contributed by atoms with E-state index in [4.69, 9.17) is 0 Å². The Balaban J connectivity index is 2.62. The Kier molecular flexibility index (Phi) is 3.28. The lowest BCUT2D eigenvalue weighted by Gasteiger charge is -2.24. The molecule has 0 aliphatic heterocycles. The first kappa shape index (κ1) is 12.9. The van der Waals surface area contributed by atoms with Crippen molar-refractivity contribution in [2.24, 2.45) is 0 Å². The standard InChI is InChI=1S/C13H16N2O2S/c1-14(2)18(16,17)15(3)13-10-6-8-11-7-4-5-9-12(11)13/h4-10H,1-3H3. The van der Waals surface area contributed by atoms with Crippen molar-refractivity contribution in [3.63, 3.8) is 0 Å². The van der Waals surface area contributed by atoms with E-state index in [0.717, 1.165) is 10.8 Å². The zero-order chi connectivity index (χ0) is 13.3. The first-order chi connectivity index (χ1) is 8.44. The van der Waals surface area contributed by atoms with Crippen molar-refractivity contribution in [3.8, 4) is 0 Å². The highest BCUT2D eigenvalue weighted by Crippen LogP contribution is 2.27. The van der Waals surface area contributed by atoms with Crippen LogP contribution in [-0.2, 0) is 10.2 Å². The number of anilines is 1. The maximum atomic E-state index is 12.1. The minimum atomic E-state index is -3.45. The van der Waals surface area contributed by atoms with Gasteiger partial charge in [-0.1, -0.05) is 36.4 Å². The summed E-state index contributed by atoms with van der Waals surface area (Å²) in [5, 5.41) is 1.95. The van der Waals surface area contributed by atoms with Crippen LogP contribution in [0.3, 0.4) is 0 Å². The molecule has 0 heterocycles. The van der Waals surface area contributed by atoms with E-state index in [2.05, 4.69) is 0 Å². The highest BCUT2D eigenvalue weighted by molar-refractivity contribution is 7.90. The Labute approximate surface area is 108 Å². The summed E-state index contributed by atoms with van der Waals surface area (Å²) in [6.07, 6.45) is 0. The fourth-order valence-corrected chi connectivity index (χ4v) is 2.75. The molecule has 96 valence electrons. The number of hydrogen-bond donors (Lipinski definition) is 0. The zero-order valence-corrected chi connectivity index (χ0v) is 11.5. The molecule has 18 heavy (non-hydrogen) atoms. The van der Waals surface area contributed by atoms with Crippen molar-refractivity contribution in [2.75, 3.05) is 25.4 Å². The van der Waals surface area contributed by atoms with Crippen LogP contribution in [0.1, 0.15) is 0 Å². The van der Waals surface area contributed by atoms with Crippen molar-refractivity contribution in [3.05, 3.63) is 42.5 Å². The maximum Gasteiger partial charge on any atom is 0.303 e. The molecule has 0 fully saturated rings. The van der Waals surface area contributed by atoms with Gasteiger partial charge in [0.15, 0.2) is 0 Å². The van der Waals surface area contributed by atoms with Gasteiger partial charge in [0, 0.05) is 26.5 Å². The van der Waals surface area contributed by atoms with Crippen LogP contribution in [0.2, 0.25) is 0 Å². The lowest BCUT2D eigenvalue weighted by Crippen LogP contribution is -2.37. The van der Waals surface area contributed by atoms with Crippen LogP contribution in [0, 0.1) is 0 Å². The predicted octanol–water partition coefficient (Wildman–Crippen LogP) is 2.08. The van der Waals surface area contributed by atoms with Gasteiger partial charge in [0.1, 0.15) is 0 Å². The molecule has 0 spiro atoms. The van der Waals surface area contributed by atoms with Crippen LogP contribution < -0.4 is 4.31 Å². The third kappa shape index (κ3) is 2.07. The van der Waals surface area contributed by atoms with Crippen molar-refractivity contribution < 1.29 is 8.42 Å². The highest BCUT2D eigenvalue weighted by atomic mass is 32.2. The van der Waals surface area contributed by atoms with Crippen LogP contribution in [0.15, 0.2) is 42.5 Å². The molecule has 0 N–H and O–H groups in total. The number of benzene rings is 2. The number of rotatable bonds is 3. The molecular formula is C13H16N2O2S. The van der Waals surface area contributed by atoms with E-state index in [1.165, 1.54) is 22.7 Å². The molecule has 0 saturated heterocycles. The van der Waals surface area contributed by atoms with E-state index in [1.54, 1.807) is 7.05 Å². The molecule has 0 bridgehead atoms. The smallest absolute Gasteiger partial charge is 0.260 e. The van der Waals surface area contributed by atoms with E-state index in [1.807, 2.05) is 42.5 Å². The van der Waals surface area contributed by atoms with E-state index >= 15 is 0 Å². The summed E-state index contributed by atoms with van der Waals surface area (Å²) < 4.78 is 26.8. The van der Waals surface area contributed by atoms with Crippen LogP contribution in [0.4, 0.5) is 5.69 Å². The molecule has 0 radical (unpaired) electrons. The van der Waals surface area contributed by atoms with Crippen molar-refractivity contribution in [2.45, 2.75) is 0 Å². The quantitative estimate of drug-likeness (QED) is 0.851. The maximum absolute atomic E-state index is 12.1. The molecule has 0 aromatic heterocycles. The fraction of sp³-hybridized carbons (Fsp3) is 0.231. The second-order valence-electron chi connectivity index (χ2n) is 4.26. The Bertz CT molecular complexity index is 660. The van der Waals surface area contributed by atoms with Crippen LogP contribution in [-0.4, -0.2) is 33.9 Å². The normalized spacial score (nSPS) is 12.0. The van der Waals surface area contributed by atoms with Gasteiger partial charge in [0.05, 0.1) is 5.69 Å². The molecule has 2 aromatic rings. The monoisotopic (exact) mass is 264 g/mol. The summed E-state index contributed by atoms with van der Waals surface area (Å²) in [4.78, 5) is 0. The molecular weight excluding hydrogens is 248 g/mol. The fourth-order valence-electron chi connectivity index (χ4n) is 1.85. The molecule has 0 aliphatic carbocycles. The molecule has 0 saturated carbocycles. The summed E-state index contributed by atoms with van der Waals surface area (Å²) in [6.45, 7) is 0. The predicted molar refractivity (Wildman–Crippen MR) is 75.0 cm³/mol. The molecule has 0 atom stereocenters. The van der Waals surface area contributed by atoms with Gasteiger partial charge < -0.3 is 0 Å². The third-order valence-electron chi connectivity index (χ3n) is 2.91. The molecule has 2 aromatic carbocycles. The molecule has 0 aliphatic rings. The zero-order valence-electron chi connectivity index (χ0n) is 10.7. The van der Waals surface area contributed by atoms with E-state index in [0.29, 0.717) is 5.69 Å². The molecule has 4 nitrogen and oxygen atoms in total. The lowest BCUT2D eigenvalue weighted by molar-refractivity contribution is 0.519. The van der Waals surface area contributed by atoms with Gasteiger partial charge in [-0.3, -0.25) is 4.31 Å². The van der Waals surface area contributed by atoms with Gasteiger partial charge in [0.25, 0.3) is 0 Å². The topological polar surface area (TPSA) is 40.6 Å². The largest absolute Gasteiger partial charge is 0.303 e. The summed E-state index contributed by atoms with van der Waals surface area (Å²) in [5.41, 5.74) is 0.682. The number of hydrogen-bond acceptors (Lipinski definition) is 2. The van der Waals surface area contributed by atoms with Gasteiger partial charge in [-0.25, -0.2) is 0 Å². The summed E-state index contributed by atoms with van der Waals surface area (Å²) in [5.74, 6) is 0. The second kappa shape index (κ2) is 4.59. The number of fused-ring (bicyclic) bond motifs is 1. The molecule has 2 rings (SSSR count). The van der Waals surface area contributed by atoms with Gasteiger partial charge in [-0.05, 0) is 11.5 Å². The lowest BCUT2D eigenvalue weighted by atomic mass is 10.1. The second-order valence-corrected chi connectivity index (χ2v) is 6.43. The summed E-state index contributed by atoms with van der Waals surface area (Å²) in [6, 6.07) is 13.4. The van der Waals surface area contributed by atoms with Crippen molar-refractivity contribution >= 4 is 26.7 Å². The SMILES string of the molecule is CN(C)S(=O)(=O)N(C)c1cccc2ccccc12. The van der Waals surface area contributed by atoms with Gasteiger partial charge >= 0.3 is 10.2 Å². The average molecular weight is 264 g/mol. The minimum Gasteiger partial charge on any atom is -0.260 e. The highest BCUT2D eigenvalue weighted by Gasteiger charge is 2.21. The first-order valence-corrected chi connectivity index (χ1v) is 6.98.